The molecule has 1 atom stereocenters. The normalized spacial score (nSPS) is 21.0. The van der Waals surface area contributed by atoms with E-state index in [1.807, 2.05) is 12.1 Å². The number of halogens is 1. The molecule has 1 heterocycles. The third-order valence-corrected chi connectivity index (χ3v) is 2.70. The van der Waals surface area contributed by atoms with E-state index in [0.717, 1.165) is 17.3 Å². The predicted octanol–water partition coefficient (Wildman–Crippen LogP) is 3.66. The van der Waals surface area contributed by atoms with Crippen LogP contribution in [0.4, 0.5) is 4.79 Å². The second-order valence-corrected chi connectivity index (χ2v) is 3.97. The van der Waals surface area contributed by atoms with E-state index >= 15 is 0 Å². The highest BCUT2D eigenvalue weighted by molar-refractivity contribution is 8.14. The van der Waals surface area contributed by atoms with E-state index < -0.39 is 0 Å². The number of hydrogen-bond donors (Lipinski definition) is 0. The van der Waals surface area contributed by atoms with Crippen molar-refractivity contribution in [1.29, 1.82) is 0 Å². The molecule has 5 heteroatoms. The Morgan fingerprint density at radius 3 is 2.92 bits per heavy atom. The lowest BCUT2D eigenvalue weighted by molar-refractivity contribution is 0.267. The number of amides is 1. The number of thioether (sulfide) groups is 1. The zero-order valence-electron chi connectivity index (χ0n) is 6.48. The molecule has 0 aliphatic carbocycles. The molecule has 1 aromatic carbocycles. The van der Waals surface area contributed by atoms with Crippen molar-refractivity contribution in [3.8, 4) is 0 Å². The van der Waals surface area contributed by atoms with Crippen LogP contribution in [0.1, 0.15) is 10.9 Å². The number of hydrogen-bond acceptors (Lipinski definition) is 3. The van der Waals surface area contributed by atoms with Gasteiger partial charge in [-0.15, -0.1) is 5.11 Å². The molecule has 0 bridgehead atoms. The van der Waals surface area contributed by atoms with Crippen LogP contribution < -0.4 is 0 Å². The molecular weight excluding hydrogens is 208 g/mol. The quantitative estimate of drug-likeness (QED) is 0.713. The van der Waals surface area contributed by atoms with Crippen LogP contribution in [-0.2, 0) is 0 Å². The van der Waals surface area contributed by atoms with E-state index in [0.29, 0.717) is 5.02 Å². The predicted molar refractivity (Wildman–Crippen MR) is 52.0 cm³/mol. The Kier molecular flexibility index (Phi) is 2.33. The summed E-state index contributed by atoms with van der Waals surface area (Å²) in [7, 11) is 0. The van der Waals surface area contributed by atoms with Gasteiger partial charge in [0, 0.05) is 5.02 Å². The molecule has 1 aliphatic rings. The summed E-state index contributed by atoms with van der Waals surface area (Å²) in [5.41, 5.74) is 0.909. The Hall–Kier alpha value is -0.870. The summed E-state index contributed by atoms with van der Waals surface area (Å²) in [6.07, 6.45) is 0. The monoisotopic (exact) mass is 212 g/mol. The molecule has 0 radical (unpaired) electrons. The van der Waals surface area contributed by atoms with Crippen LogP contribution in [-0.4, -0.2) is 5.24 Å². The highest BCUT2D eigenvalue weighted by Gasteiger charge is 2.21. The van der Waals surface area contributed by atoms with Gasteiger partial charge in [-0.2, -0.15) is 5.11 Å². The molecule has 66 valence electrons. The molecule has 1 aliphatic heterocycles. The first-order chi connectivity index (χ1) is 6.25. The summed E-state index contributed by atoms with van der Waals surface area (Å²) in [5.74, 6) is 0. The van der Waals surface area contributed by atoms with Crippen LogP contribution in [0.15, 0.2) is 34.5 Å². The third-order valence-electron chi connectivity index (χ3n) is 1.59. The van der Waals surface area contributed by atoms with Gasteiger partial charge in [-0.3, -0.25) is 4.79 Å². The molecule has 0 spiro atoms. The van der Waals surface area contributed by atoms with Crippen LogP contribution >= 0.6 is 23.4 Å². The minimum atomic E-state index is -0.245. The van der Waals surface area contributed by atoms with E-state index in [1.54, 1.807) is 12.1 Å². The van der Waals surface area contributed by atoms with Crippen molar-refractivity contribution in [2.24, 2.45) is 10.2 Å². The largest absolute Gasteiger partial charge is 0.325 e. The molecule has 0 N–H and O–H groups in total. The highest BCUT2D eigenvalue weighted by Crippen LogP contribution is 2.37. The summed E-state index contributed by atoms with van der Waals surface area (Å²) >= 11 is 6.89. The first-order valence-corrected chi connectivity index (χ1v) is 4.88. The Morgan fingerprint density at radius 1 is 1.46 bits per heavy atom. The van der Waals surface area contributed by atoms with Crippen LogP contribution in [0.3, 0.4) is 0 Å². The summed E-state index contributed by atoms with van der Waals surface area (Å²) in [5, 5.41) is 7.42. The molecule has 3 nitrogen and oxygen atoms in total. The van der Waals surface area contributed by atoms with Crippen LogP contribution in [0.5, 0.6) is 0 Å². The van der Waals surface area contributed by atoms with E-state index in [9.17, 15) is 4.79 Å². The Balaban J connectivity index is 2.27. The molecule has 0 aromatic heterocycles. The fourth-order valence-corrected chi connectivity index (χ4v) is 1.90. The molecule has 0 fully saturated rings. The smallest absolute Gasteiger partial charge is 0.258 e. The van der Waals surface area contributed by atoms with Gasteiger partial charge in [0.1, 0.15) is 0 Å². The van der Waals surface area contributed by atoms with Gasteiger partial charge >= 0.3 is 5.24 Å². The van der Waals surface area contributed by atoms with Crippen LogP contribution in [0.25, 0.3) is 0 Å². The van der Waals surface area contributed by atoms with Gasteiger partial charge in [-0.25, -0.2) is 0 Å². The van der Waals surface area contributed by atoms with Crippen molar-refractivity contribution >= 4 is 28.6 Å². The van der Waals surface area contributed by atoms with Crippen molar-refractivity contribution in [2.75, 3.05) is 0 Å². The maximum atomic E-state index is 10.8. The topological polar surface area (TPSA) is 41.8 Å². The lowest BCUT2D eigenvalue weighted by Gasteiger charge is -2.02. The van der Waals surface area contributed by atoms with Crippen molar-refractivity contribution in [1.82, 2.24) is 0 Å². The molecule has 1 aromatic rings. The average Bonchev–Trinajstić information content (AvgIpc) is 2.52. The Morgan fingerprint density at radius 2 is 2.31 bits per heavy atom. The number of nitrogens with zero attached hydrogens (tertiary/aromatic N) is 2. The maximum absolute atomic E-state index is 10.8. The third kappa shape index (κ3) is 1.89. The number of azo groups is 1. The average molecular weight is 213 g/mol. The van der Waals surface area contributed by atoms with Crippen molar-refractivity contribution < 1.29 is 4.79 Å². The Bertz CT molecular complexity index is 380. The van der Waals surface area contributed by atoms with Gasteiger partial charge in [0.15, 0.2) is 5.37 Å². The maximum Gasteiger partial charge on any atom is 0.325 e. The second kappa shape index (κ2) is 3.47. The molecule has 1 amide bonds. The minimum Gasteiger partial charge on any atom is -0.258 e. The van der Waals surface area contributed by atoms with Gasteiger partial charge in [0.25, 0.3) is 0 Å². The van der Waals surface area contributed by atoms with Crippen LogP contribution in [0, 0.1) is 0 Å². The SMILES string of the molecule is O=C1N=NC(c2cccc(Cl)c2)S1. The first-order valence-electron chi connectivity index (χ1n) is 3.62. The van der Waals surface area contributed by atoms with E-state index in [4.69, 9.17) is 11.6 Å². The highest BCUT2D eigenvalue weighted by atomic mass is 35.5. The van der Waals surface area contributed by atoms with Crippen molar-refractivity contribution in [2.45, 2.75) is 5.37 Å². The van der Waals surface area contributed by atoms with E-state index in [1.165, 1.54) is 0 Å². The van der Waals surface area contributed by atoms with Gasteiger partial charge in [-0.1, -0.05) is 23.7 Å². The van der Waals surface area contributed by atoms with Gasteiger partial charge in [-0.05, 0) is 29.5 Å². The summed E-state index contributed by atoms with van der Waals surface area (Å²) in [6, 6.07) is 7.28. The van der Waals surface area contributed by atoms with E-state index in [2.05, 4.69) is 10.2 Å². The summed E-state index contributed by atoms with van der Waals surface area (Å²) in [6.45, 7) is 0. The molecular formula is C8H5ClN2OS. The lowest BCUT2D eigenvalue weighted by Crippen LogP contribution is -1.86. The first kappa shape index (κ1) is 8.72. The Labute approximate surface area is 84.2 Å². The van der Waals surface area contributed by atoms with Crippen molar-refractivity contribution in [3.63, 3.8) is 0 Å². The number of carbonyl (C=O) groups is 1. The minimum absolute atomic E-state index is 0.216. The zero-order valence-corrected chi connectivity index (χ0v) is 8.05. The number of rotatable bonds is 1. The van der Waals surface area contributed by atoms with Crippen LogP contribution in [0.2, 0.25) is 5.02 Å². The van der Waals surface area contributed by atoms with Gasteiger partial charge in [0.05, 0.1) is 0 Å². The fourth-order valence-electron chi connectivity index (χ4n) is 1.04. The second-order valence-electron chi connectivity index (χ2n) is 2.51. The molecule has 0 saturated carbocycles. The molecule has 2 rings (SSSR count). The lowest BCUT2D eigenvalue weighted by atomic mass is 10.2. The molecule has 13 heavy (non-hydrogen) atoms. The van der Waals surface area contributed by atoms with Gasteiger partial charge in [0.2, 0.25) is 0 Å². The summed E-state index contributed by atoms with van der Waals surface area (Å²) in [4.78, 5) is 10.8. The number of benzene rings is 1. The molecule has 1 unspecified atom stereocenters. The fraction of sp³-hybridized carbons (Fsp3) is 0.125. The van der Waals surface area contributed by atoms with E-state index in [-0.39, 0.29) is 10.6 Å². The standard InChI is InChI=1S/C8H5ClN2OS/c9-6-3-1-2-5(4-6)7-10-11-8(12)13-7/h1-4,7H. The molecule has 0 saturated heterocycles. The summed E-state index contributed by atoms with van der Waals surface area (Å²) < 4.78 is 0. The zero-order chi connectivity index (χ0) is 9.26. The number of carbonyl (C=O) groups excluding carboxylic acids is 1. The van der Waals surface area contributed by atoms with Crippen molar-refractivity contribution in [3.05, 3.63) is 34.9 Å². The van der Waals surface area contributed by atoms with Gasteiger partial charge < -0.3 is 0 Å².